The summed E-state index contributed by atoms with van der Waals surface area (Å²) < 4.78 is 0. The molecule has 2 rings (SSSR count). The molecule has 0 fully saturated rings. The second-order valence-electron chi connectivity index (χ2n) is 2.51. The largest absolute Gasteiger partial charge is 0.507 e. The summed E-state index contributed by atoms with van der Waals surface area (Å²) >= 11 is 0. The van der Waals surface area contributed by atoms with Crippen molar-refractivity contribution in [3.05, 3.63) is 29.3 Å². The first-order valence-electron chi connectivity index (χ1n) is 3.52. The van der Waals surface area contributed by atoms with Gasteiger partial charge in [0, 0.05) is 0 Å². The van der Waals surface area contributed by atoms with E-state index in [2.05, 4.69) is 10.2 Å². The van der Waals surface area contributed by atoms with Gasteiger partial charge in [-0.15, -0.1) is 10.2 Å². The summed E-state index contributed by atoms with van der Waals surface area (Å²) in [6.07, 6.45) is 0. The van der Waals surface area contributed by atoms with E-state index in [0.29, 0.717) is 0 Å². The lowest BCUT2D eigenvalue weighted by molar-refractivity contribution is 0.0918. The van der Waals surface area contributed by atoms with Gasteiger partial charge in [-0.25, -0.2) is 0 Å². The number of hydrogen-bond donors (Lipinski definition) is 1. The van der Waals surface area contributed by atoms with Gasteiger partial charge in [0.1, 0.15) is 5.75 Å². The molecular weight excluding hydrogens is 172 g/mol. The van der Waals surface area contributed by atoms with Gasteiger partial charge in [-0.3, -0.25) is 9.59 Å². The zero-order valence-corrected chi connectivity index (χ0v) is 6.39. The molecule has 0 aromatic heterocycles. The van der Waals surface area contributed by atoms with Crippen LogP contribution in [0.4, 0.5) is 0 Å². The Labute approximate surface area is 72.7 Å². The van der Waals surface area contributed by atoms with Gasteiger partial charge in [-0.1, -0.05) is 6.07 Å². The van der Waals surface area contributed by atoms with E-state index < -0.39 is 11.8 Å². The van der Waals surface area contributed by atoms with Crippen molar-refractivity contribution in [3.8, 4) is 5.75 Å². The number of phenolic OH excluding ortho intramolecular Hbond substituents is 1. The molecule has 13 heavy (non-hydrogen) atoms. The van der Waals surface area contributed by atoms with Crippen molar-refractivity contribution in [2.75, 3.05) is 0 Å². The minimum atomic E-state index is -0.687. The first-order valence-corrected chi connectivity index (χ1v) is 3.52. The highest BCUT2D eigenvalue weighted by atomic mass is 16.3. The molecule has 1 aromatic carbocycles. The van der Waals surface area contributed by atoms with Gasteiger partial charge < -0.3 is 5.11 Å². The van der Waals surface area contributed by atoms with Crippen LogP contribution in [-0.4, -0.2) is 16.9 Å². The molecule has 1 N–H and O–H groups in total. The SMILES string of the molecule is O=C1N=NC(=O)c2c(O)cccc21. The fraction of sp³-hybridized carbons (Fsp3) is 0. The Kier molecular flexibility index (Phi) is 1.45. The molecule has 0 bridgehead atoms. The Morgan fingerprint density at radius 2 is 1.77 bits per heavy atom. The van der Waals surface area contributed by atoms with Crippen molar-refractivity contribution in [2.45, 2.75) is 0 Å². The quantitative estimate of drug-likeness (QED) is 0.643. The Hall–Kier alpha value is -2.04. The maximum Gasteiger partial charge on any atom is 0.300 e. The highest BCUT2D eigenvalue weighted by Gasteiger charge is 2.24. The molecular formula is C8H4N2O3. The van der Waals surface area contributed by atoms with Crippen LogP contribution in [0.5, 0.6) is 5.75 Å². The first kappa shape index (κ1) is 7.60. The Morgan fingerprint density at radius 3 is 2.46 bits per heavy atom. The van der Waals surface area contributed by atoms with Gasteiger partial charge >= 0.3 is 0 Å². The second kappa shape index (κ2) is 2.48. The van der Waals surface area contributed by atoms with E-state index in [1.807, 2.05) is 0 Å². The molecule has 5 nitrogen and oxygen atoms in total. The summed E-state index contributed by atoms with van der Waals surface area (Å²) in [6.45, 7) is 0. The van der Waals surface area contributed by atoms with Crippen LogP contribution in [0.25, 0.3) is 0 Å². The number of benzene rings is 1. The molecule has 0 saturated carbocycles. The lowest BCUT2D eigenvalue weighted by Gasteiger charge is -2.07. The highest BCUT2D eigenvalue weighted by molar-refractivity contribution is 6.12. The topological polar surface area (TPSA) is 79.1 Å². The Morgan fingerprint density at radius 1 is 1.08 bits per heavy atom. The monoisotopic (exact) mass is 176 g/mol. The van der Waals surface area contributed by atoms with Gasteiger partial charge in [-0.2, -0.15) is 0 Å². The molecule has 1 aliphatic heterocycles. The number of aromatic hydroxyl groups is 1. The number of phenols is 1. The third-order valence-electron chi connectivity index (χ3n) is 1.72. The van der Waals surface area contributed by atoms with Crippen LogP contribution in [0.2, 0.25) is 0 Å². The van der Waals surface area contributed by atoms with Crippen LogP contribution in [0.1, 0.15) is 20.7 Å². The van der Waals surface area contributed by atoms with E-state index in [1.54, 1.807) is 0 Å². The number of fused-ring (bicyclic) bond motifs is 1. The molecule has 0 unspecified atom stereocenters. The zero-order valence-electron chi connectivity index (χ0n) is 6.39. The van der Waals surface area contributed by atoms with Crippen molar-refractivity contribution in [1.82, 2.24) is 0 Å². The van der Waals surface area contributed by atoms with Crippen molar-refractivity contribution in [3.63, 3.8) is 0 Å². The van der Waals surface area contributed by atoms with Crippen LogP contribution < -0.4 is 0 Å². The van der Waals surface area contributed by atoms with Crippen LogP contribution in [-0.2, 0) is 0 Å². The van der Waals surface area contributed by atoms with Gasteiger partial charge in [0.25, 0.3) is 11.8 Å². The fourth-order valence-electron chi connectivity index (χ4n) is 1.14. The number of azo groups is 1. The molecule has 2 amide bonds. The average molecular weight is 176 g/mol. The summed E-state index contributed by atoms with van der Waals surface area (Å²) in [6, 6.07) is 4.22. The number of carbonyl (C=O) groups is 2. The van der Waals surface area contributed by atoms with E-state index >= 15 is 0 Å². The molecule has 5 heteroatoms. The molecule has 1 aromatic rings. The van der Waals surface area contributed by atoms with Gasteiger partial charge in [0.15, 0.2) is 0 Å². The molecule has 0 saturated heterocycles. The highest BCUT2D eigenvalue weighted by Crippen LogP contribution is 2.25. The van der Waals surface area contributed by atoms with Crippen molar-refractivity contribution >= 4 is 11.8 Å². The summed E-state index contributed by atoms with van der Waals surface area (Å²) in [7, 11) is 0. The second-order valence-corrected chi connectivity index (χ2v) is 2.51. The van der Waals surface area contributed by atoms with Gasteiger partial charge in [-0.05, 0) is 12.1 Å². The van der Waals surface area contributed by atoms with Crippen molar-refractivity contribution < 1.29 is 14.7 Å². The fourth-order valence-corrected chi connectivity index (χ4v) is 1.14. The van der Waals surface area contributed by atoms with Gasteiger partial charge in [0.2, 0.25) is 0 Å². The summed E-state index contributed by atoms with van der Waals surface area (Å²) in [4.78, 5) is 22.1. The molecule has 0 spiro atoms. The average Bonchev–Trinajstić information content (AvgIpc) is 2.12. The third-order valence-corrected chi connectivity index (χ3v) is 1.72. The minimum absolute atomic E-state index is 0.0671. The van der Waals surface area contributed by atoms with Gasteiger partial charge in [0.05, 0.1) is 11.1 Å². The summed E-state index contributed by atoms with van der Waals surface area (Å²) in [5, 5.41) is 15.5. The number of carbonyl (C=O) groups excluding carboxylic acids is 2. The zero-order chi connectivity index (χ0) is 9.42. The Bertz CT molecular complexity index is 437. The summed E-state index contributed by atoms with van der Waals surface area (Å²) in [5.74, 6) is -1.53. The van der Waals surface area contributed by atoms with E-state index in [1.165, 1.54) is 18.2 Å². The van der Waals surface area contributed by atoms with Crippen LogP contribution in [0.15, 0.2) is 28.4 Å². The summed E-state index contributed by atoms with van der Waals surface area (Å²) in [5.41, 5.74) is 0.0301. The molecule has 1 heterocycles. The maximum absolute atomic E-state index is 11.1. The number of rotatable bonds is 0. The lowest BCUT2D eigenvalue weighted by atomic mass is 10.0. The predicted octanol–water partition coefficient (Wildman–Crippen LogP) is 1.14. The maximum atomic E-state index is 11.1. The predicted molar refractivity (Wildman–Crippen MR) is 41.6 cm³/mol. The van der Waals surface area contributed by atoms with E-state index in [9.17, 15) is 14.7 Å². The minimum Gasteiger partial charge on any atom is -0.507 e. The first-order chi connectivity index (χ1) is 6.20. The number of amides is 2. The van der Waals surface area contributed by atoms with Crippen LogP contribution >= 0.6 is 0 Å². The number of hydrogen-bond acceptors (Lipinski definition) is 3. The van der Waals surface area contributed by atoms with Crippen molar-refractivity contribution in [1.29, 1.82) is 0 Å². The van der Waals surface area contributed by atoms with E-state index in [4.69, 9.17) is 0 Å². The molecule has 64 valence electrons. The molecule has 0 aliphatic carbocycles. The number of nitrogens with zero attached hydrogens (tertiary/aromatic N) is 2. The third kappa shape index (κ3) is 1.01. The van der Waals surface area contributed by atoms with Crippen LogP contribution in [0.3, 0.4) is 0 Å². The Balaban J connectivity index is 2.76. The molecule has 1 aliphatic rings. The van der Waals surface area contributed by atoms with E-state index in [-0.39, 0.29) is 16.9 Å². The molecule has 0 atom stereocenters. The standard InChI is InChI=1S/C8H4N2O3/c11-5-3-1-2-4-6(5)8(13)10-9-7(4)12/h1-3,11H. The normalized spacial score (nSPS) is 14.5. The van der Waals surface area contributed by atoms with E-state index in [0.717, 1.165) is 0 Å². The smallest absolute Gasteiger partial charge is 0.300 e. The van der Waals surface area contributed by atoms with Crippen LogP contribution in [0, 0.1) is 0 Å². The lowest BCUT2D eigenvalue weighted by Crippen LogP contribution is -2.10. The van der Waals surface area contributed by atoms with Crippen molar-refractivity contribution in [2.24, 2.45) is 10.2 Å². The molecule has 0 radical (unpaired) electrons.